The van der Waals surface area contributed by atoms with Crippen molar-refractivity contribution in [1.29, 1.82) is 0 Å². The van der Waals surface area contributed by atoms with Crippen LogP contribution >= 0.6 is 39.5 Å². The number of likely N-dealkylation sites (tertiary alicyclic amines) is 1. The Bertz CT molecular complexity index is 1140. The SMILES string of the molecule is Oc1ccc([C@H]2Sc3cc(O)ccc3S[C@H]2c2ccc(OCCN3CCCCC3)c(Br)c2)cc1. The molecule has 5 rings (SSSR count). The van der Waals surface area contributed by atoms with E-state index in [0.29, 0.717) is 6.61 Å². The lowest BCUT2D eigenvalue weighted by Gasteiger charge is -2.33. The number of thioether (sulfide) groups is 2. The van der Waals surface area contributed by atoms with Gasteiger partial charge in [-0.3, -0.25) is 4.90 Å². The Morgan fingerprint density at radius 3 is 2.24 bits per heavy atom. The molecule has 0 bridgehead atoms. The smallest absolute Gasteiger partial charge is 0.133 e. The molecule has 0 spiro atoms. The van der Waals surface area contributed by atoms with Gasteiger partial charge < -0.3 is 14.9 Å². The van der Waals surface area contributed by atoms with Gasteiger partial charge in [0.15, 0.2) is 0 Å². The first-order valence-electron chi connectivity index (χ1n) is 11.7. The lowest BCUT2D eigenvalue weighted by atomic mass is 10.0. The van der Waals surface area contributed by atoms with Crippen molar-refractivity contribution >= 4 is 39.5 Å². The molecule has 2 aliphatic heterocycles. The van der Waals surface area contributed by atoms with Crippen LogP contribution < -0.4 is 4.74 Å². The third-order valence-electron chi connectivity index (χ3n) is 6.33. The molecule has 7 heteroatoms. The highest BCUT2D eigenvalue weighted by molar-refractivity contribution is 9.10. The van der Waals surface area contributed by atoms with Gasteiger partial charge >= 0.3 is 0 Å². The molecule has 1 fully saturated rings. The van der Waals surface area contributed by atoms with Crippen LogP contribution in [0, 0.1) is 0 Å². The second kappa shape index (κ2) is 10.9. The Morgan fingerprint density at radius 2 is 1.47 bits per heavy atom. The number of hydrogen-bond donors (Lipinski definition) is 2. The van der Waals surface area contributed by atoms with Crippen LogP contribution in [0.2, 0.25) is 0 Å². The Balaban J connectivity index is 1.36. The van der Waals surface area contributed by atoms with Crippen molar-refractivity contribution in [2.24, 2.45) is 0 Å². The summed E-state index contributed by atoms with van der Waals surface area (Å²) in [5, 5.41) is 20.1. The van der Waals surface area contributed by atoms with Gasteiger partial charge in [0.05, 0.1) is 15.0 Å². The van der Waals surface area contributed by atoms with E-state index in [1.165, 1.54) is 42.8 Å². The second-order valence-corrected chi connectivity index (χ2v) is 12.0. The molecule has 2 heterocycles. The van der Waals surface area contributed by atoms with Gasteiger partial charge in [-0.05, 0) is 95.5 Å². The van der Waals surface area contributed by atoms with Crippen molar-refractivity contribution < 1.29 is 14.9 Å². The van der Waals surface area contributed by atoms with Crippen molar-refractivity contribution in [1.82, 2.24) is 4.90 Å². The Kier molecular flexibility index (Phi) is 7.64. The van der Waals surface area contributed by atoms with Crippen molar-refractivity contribution in [3.05, 3.63) is 76.3 Å². The van der Waals surface area contributed by atoms with E-state index in [1.54, 1.807) is 30.0 Å². The summed E-state index contributed by atoms with van der Waals surface area (Å²) in [6.07, 6.45) is 3.93. The summed E-state index contributed by atoms with van der Waals surface area (Å²) < 4.78 is 7.09. The molecule has 0 aliphatic carbocycles. The van der Waals surface area contributed by atoms with E-state index in [9.17, 15) is 10.2 Å². The maximum atomic E-state index is 10.0. The third-order valence-corrected chi connectivity index (χ3v) is 10.0. The van der Waals surface area contributed by atoms with Crippen LogP contribution in [0.5, 0.6) is 17.2 Å². The topological polar surface area (TPSA) is 52.9 Å². The molecular formula is C27H28BrNO3S2. The zero-order valence-corrected chi connectivity index (χ0v) is 22.0. The number of fused-ring (bicyclic) bond motifs is 1. The van der Waals surface area contributed by atoms with E-state index in [2.05, 4.69) is 39.0 Å². The first kappa shape index (κ1) is 23.9. The number of piperidine rings is 1. The standard InChI is InChI=1S/C27H28BrNO3S2/c28-22-16-19(6-10-23(22)32-15-14-29-12-2-1-3-13-29)27-26(18-4-7-20(30)8-5-18)34-25-17-21(31)9-11-24(25)33-27/h4-11,16-17,26-27,30-31H,1-3,12-15H2/t26-,27+/m1/s1. The number of nitrogens with zero attached hydrogens (tertiary/aromatic N) is 1. The van der Waals surface area contributed by atoms with Gasteiger partial charge in [0, 0.05) is 16.3 Å². The van der Waals surface area contributed by atoms with Crippen LogP contribution in [0.3, 0.4) is 0 Å². The average Bonchev–Trinajstić information content (AvgIpc) is 2.85. The number of aromatic hydroxyl groups is 2. The van der Waals surface area contributed by atoms with Crippen LogP contribution in [0.4, 0.5) is 0 Å². The number of halogens is 1. The van der Waals surface area contributed by atoms with Crippen molar-refractivity contribution in [2.45, 2.75) is 39.6 Å². The molecule has 0 saturated carbocycles. The largest absolute Gasteiger partial charge is 0.508 e. The molecule has 1 saturated heterocycles. The molecule has 2 atom stereocenters. The minimum atomic E-state index is 0.137. The number of phenols is 2. The summed E-state index contributed by atoms with van der Waals surface area (Å²) in [6.45, 7) is 4.02. The number of rotatable bonds is 6. The molecule has 2 N–H and O–H groups in total. The Morgan fingerprint density at radius 1 is 0.794 bits per heavy atom. The van der Waals surface area contributed by atoms with Gasteiger partial charge in [0.1, 0.15) is 23.9 Å². The van der Waals surface area contributed by atoms with Crippen molar-refractivity contribution in [2.75, 3.05) is 26.2 Å². The summed E-state index contributed by atoms with van der Waals surface area (Å²) in [5.41, 5.74) is 2.36. The van der Waals surface area contributed by atoms with Crippen LogP contribution in [0.1, 0.15) is 40.9 Å². The summed E-state index contributed by atoms with van der Waals surface area (Å²) >= 11 is 7.32. The highest BCUT2D eigenvalue weighted by atomic mass is 79.9. The van der Waals surface area contributed by atoms with Crippen LogP contribution in [-0.2, 0) is 0 Å². The maximum absolute atomic E-state index is 10.0. The molecular weight excluding hydrogens is 530 g/mol. The molecule has 3 aromatic carbocycles. The quantitative estimate of drug-likeness (QED) is 0.329. The number of hydrogen-bond acceptors (Lipinski definition) is 6. The van der Waals surface area contributed by atoms with Gasteiger partial charge in [-0.25, -0.2) is 0 Å². The van der Waals surface area contributed by atoms with E-state index in [0.717, 1.165) is 27.2 Å². The summed E-state index contributed by atoms with van der Waals surface area (Å²) in [4.78, 5) is 4.73. The maximum Gasteiger partial charge on any atom is 0.133 e. The minimum Gasteiger partial charge on any atom is -0.508 e. The number of phenolic OH excluding ortho intramolecular Hbond substituents is 2. The molecule has 0 radical (unpaired) electrons. The molecule has 0 amide bonds. The highest BCUT2D eigenvalue weighted by Gasteiger charge is 2.33. The summed E-state index contributed by atoms with van der Waals surface area (Å²) in [7, 11) is 0. The van der Waals surface area contributed by atoms with E-state index < -0.39 is 0 Å². The van der Waals surface area contributed by atoms with Crippen LogP contribution in [0.25, 0.3) is 0 Å². The van der Waals surface area contributed by atoms with E-state index in [1.807, 2.05) is 36.0 Å². The first-order chi connectivity index (χ1) is 16.6. The predicted molar refractivity (Wildman–Crippen MR) is 143 cm³/mol. The Labute approximate surface area is 217 Å². The lowest BCUT2D eigenvalue weighted by Crippen LogP contribution is -2.33. The molecule has 2 aliphatic rings. The van der Waals surface area contributed by atoms with Gasteiger partial charge in [0.2, 0.25) is 0 Å². The van der Waals surface area contributed by atoms with Crippen LogP contribution in [0.15, 0.2) is 74.9 Å². The van der Waals surface area contributed by atoms with E-state index in [-0.39, 0.29) is 22.0 Å². The van der Waals surface area contributed by atoms with Gasteiger partial charge in [-0.2, -0.15) is 0 Å². The highest BCUT2D eigenvalue weighted by Crippen LogP contribution is 2.60. The third kappa shape index (κ3) is 5.54. The van der Waals surface area contributed by atoms with Gasteiger partial charge in [0.25, 0.3) is 0 Å². The molecule has 178 valence electrons. The average molecular weight is 559 g/mol. The lowest BCUT2D eigenvalue weighted by molar-refractivity contribution is 0.183. The first-order valence-corrected chi connectivity index (χ1v) is 14.2. The molecule has 3 aromatic rings. The Hall–Kier alpha value is -1.80. The molecule has 0 unspecified atom stereocenters. The predicted octanol–water partition coefficient (Wildman–Crippen LogP) is 7.41. The van der Waals surface area contributed by atoms with Crippen molar-refractivity contribution in [3.63, 3.8) is 0 Å². The number of benzene rings is 3. The fourth-order valence-corrected chi connectivity index (χ4v) is 8.02. The van der Waals surface area contributed by atoms with E-state index in [4.69, 9.17) is 4.74 Å². The zero-order chi connectivity index (χ0) is 23.5. The summed E-state index contributed by atoms with van der Waals surface area (Å²) in [5.74, 6) is 1.42. The molecule has 34 heavy (non-hydrogen) atoms. The molecule has 4 nitrogen and oxygen atoms in total. The fraction of sp³-hybridized carbons (Fsp3) is 0.333. The summed E-state index contributed by atoms with van der Waals surface area (Å²) in [6, 6.07) is 19.5. The second-order valence-electron chi connectivity index (χ2n) is 8.74. The fourth-order valence-electron chi connectivity index (χ4n) is 4.51. The van der Waals surface area contributed by atoms with Gasteiger partial charge in [-0.1, -0.05) is 24.6 Å². The normalized spacial score (nSPS) is 20.6. The van der Waals surface area contributed by atoms with Crippen LogP contribution in [-0.4, -0.2) is 41.4 Å². The number of ether oxygens (including phenoxy) is 1. The van der Waals surface area contributed by atoms with Gasteiger partial charge in [-0.15, -0.1) is 23.5 Å². The minimum absolute atomic E-state index is 0.137. The van der Waals surface area contributed by atoms with E-state index >= 15 is 0 Å². The zero-order valence-electron chi connectivity index (χ0n) is 18.8. The molecule has 0 aromatic heterocycles. The monoisotopic (exact) mass is 557 g/mol. The van der Waals surface area contributed by atoms with Crippen molar-refractivity contribution in [3.8, 4) is 17.2 Å².